The molecular weight excluding hydrogens is 466 g/mol. The fourth-order valence-corrected chi connectivity index (χ4v) is 3.52. The second-order valence-corrected chi connectivity index (χ2v) is 8.38. The molecule has 0 radical (unpaired) electrons. The first-order chi connectivity index (χ1) is 17.3. The summed E-state index contributed by atoms with van der Waals surface area (Å²) in [6, 6.07) is 13.1. The molecule has 3 amide bonds. The maximum absolute atomic E-state index is 12.4. The highest BCUT2D eigenvalue weighted by molar-refractivity contribution is 5.98. The normalized spacial score (nSPS) is 14.8. The molecule has 1 aliphatic heterocycles. The lowest BCUT2D eigenvalue weighted by molar-refractivity contribution is -0.151. The summed E-state index contributed by atoms with van der Waals surface area (Å²) in [7, 11) is 0. The molecule has 10 nitrogen and oxygen atoms in total. The first kappa shape index (κ1) is 26.4. The third-order valence-corrected chi connectivity index (χ3v) is 5.57. The van der Waals surface area contributed by atoms with Crippen LogP contribution in [0.15, 0.2) is 48.5 Å². The number of hydrogen-bond donors (Lipinski definition) is 2. The molecular formula is C26H29N3O7. The number of rotatable bonds is 10. The highest BCUT2D eigenvalue weighted by Gasteiger charge is 2.36. The van der Waals surface area contributed by atoms with Gasteiger partial charge in [-0.25, -0.2) is 4.79 Å². The number of anilines is 1. The van der Waals surface area contributed by atoms with Crippen LogP contribution in [0.4, 0.5) is 5.69 Å². The lowest BCUT2D eigenvalue weighted by Crippen LogP contribution is -2.43. The van der Waals surface area contributed by atoms with Crippen molar-refractivity contribution < 1.29 is 33.4 Å². The molecule has 0 aromatic heterocycles. The summed E-state index contributed by atoms with van der Waals surface area (Å²) in [5.41, 5.74) is 4.48. The number of aryl methyl sites for hydroxylation is 1. The molecule has 1 fully saturated rings. The second kappa shape index (κ2) is 12.5. The zero-order valence-electron chi connectivity index (χ0n) is 20.2. The molecule has 1 atom stereocenters. The van der Waals surface area contributed by atoms with E-state index in [-0.39, 0.29) is 13.0 Å². The van der Waals surface area contributed by atoms with Gasteiger partial charge in [0.2, 0.25) is 5.91 Å². The largest absolute Gasteiger partial charge is 0.462 e. The number of nitrogens with one attached hydrogen (secondary N) is 2. The minimum atomic E-state index is -0.805. The SMILES string of the molecule is CCCCOC(=O)c1ccc(NC(=O)COC(=O)[C@H]2CC(=O)N(NC(=O)c3ccccc3C)C2)cc1. The molecule has 190 valence electrons. The molecule has 2 N–H and O–H groups in total. The first-order valence-electron chi connectivity index (χ1n) is 11.7. The van der Waals surface area contributed by atoms with Gasteiger partial charge in [-0.3, -0.25) is 29.6 Å². The van der Waals surface area contributed by atoms with E-state index in [4.69, 9.17) is 9.47 Å². The van der Waals surface area contributed by atoms with Crippen LogP contribution in [0, 0.1) is 12.8 Å². The van der Waals surface area contributed by atoms with Crippen LogP contribution < -0.4 is 10.7 Å². The minimum absolute atomic E-state index is 0.0489. The summed E-state index contributed by atoms with van der Waals surface area (Å²) in [6.45, 7) is 3.54. The minimum Gasteiger partial charge on any atom is -0.462 e. The number of carbonyl (C=O) groups excluding carboxylic acids is 5. The number of hydrogen-bond acceptors (Lipinski definition) is 7. The number of nitrogens with zero attached hydrogens (tertiary/aromatic N) is 1. The fraction of sp³-hybridized carbons (Fsp3) is 0.346. The number of benzene rings is 2. The Bertz CT molecular complexity index is 1130. The molecule has 2 aromatic rings. The summed E-state index contributed by atoms with van der Waals surface area (Å²) in [6.07, 6.45) is 1.57. The topological polar surface area (TPSA) is 131 Å². The number of unbranched alkanes of at least 4 members (excludes halogenated alkanes) is 1. The highest BCUT2D eigenvalue weighted by Crippen LogP contribution is 2.18. The van der Waals surface area contributed by atoms with E-state index >= 15 is 0 Å². The second-order valence-electron chi connectivity index (χ2n) is 8.38. The Hall–Kier alpha value is -4.21. The van der Waals surface area contributed by atoms with Crippen LogP contribution in [0.25, 0.3) is 0 Å². The van der Waals surface area contributed by atoms with Gasteiger partial charge in [0.1, 0.15) is 0 Å². The zero-order chi connectivity index (χ0) is 26.1. The summed E-state index contributed by atoms with van der Waals surface area (Å²) in [4.78, 5) is 61.2. The Morgan fingerprint density at radius 3 is 2.44 bits per heavy atom. The maximum Gasteiger partial charge on any atom is 0.338 e. The van der Waals surface area contributed by atoms with E-state index in [0.29, 0.717) is 23.4 Å². The molecule has 1 saturated heterocycles. The van der Waals surface area contributed by atoms with Crippen LogP contribution in [-0.2, 0) is 23.9 Å². The van der Waals surface area contributed by atoms with Crippen molar-refractivity contribution in [1.29, 1.82) is 0 Å². The number of amides is 3. The Kier molecular flexibility index (Phi) is 9.15. The number of ether oxygens (including phenoxy) is 2. The van der Waals surface area contributed by atoms with Crippen LogP contribution in [0.1, 0.15) is 52.5 Å². The van der Waals surface area contributed by atoms with Crippen molar-refractivity contribution in [2.24, 2.45) is 5.92 Å². The summed E-state index contributed by atoms with van der Waals surface area (Å²) in [5, 5.41) is 3.66. The van der Waals surface area contributed by atoms with E-state index in [1.54, 1.807) is 43.3 Å². The fourth-order valence-electron chi connectivity index (χ4n) is 3.52. The Morgan fingerprint density at radius 2 is 1.75 bits per heavy atom. The quantitative estimate of drug-likeness (QED) is 0.383. The summed E-state index contributed by atoms with van der Waals surface area (Å²) in [5.74, 6) is -3.40. The van der Waals surface area contributed by atoms with E-state index < -0.39 is 42.2 Å². The molecule has 10 heteroatoms. The standard InChI is InChI=1S/C26H29N3O7/c1-3-4-13-35-25(33)18-9-11-20(12-10-18)27-22(30)16-36-26(34)19-14-23(31)29(15-19)28-24(32)21-8-6-5-7-17(21)2/h5-12,19H,3-4,13-16H2,1-2H3,(H,27,30)(H,28,32)/t19-/m0/s1. The van der Waals surface area contributed by atoms with E-state index in [2.05, 4.69) is 10.7 Å². The van der Waals surface area contributed by atoms with Crippen molar-refractivity contribution in [3.05, 3.63) is 65.2 Å². The third-order valence-electron chi connectivity index (χ3n) is 5.57. The van der Waals surface area contributed by atoms with Gasteiger partial charge >= 0.3 is 11.9 Å². The van der Waals surface area contributed by atoms with Crippen LogP contribution in [0.2, 0.25) is 0 Å². The predicted molar refractivity (Wildman–Crippen MR) is 130 cm³/mol. The van der Waals surface area contributed by atoms with Crippen LogP contribution >= 0.6 is 0 Å². The van der Waals surface area contributed by atoms with E-state index in [1.807, 2.05) is 6.92 Å². The zero-order valence-corrected chi connectivity index (χ0v) is 20.2. The Labute approximate surface area is 208 Å². The predicted octanol–water partition coefficient (Wildman–Crippen LogP) is 2.63. The van der Waals surface area contributed by atoms with Gasteiger partial charge in [0.25, 0.3) is 11.8 Å². The van der Waals surface area contributed by atoms with Crippen LogP contribution in [0.5, 0.6) is 0 Å². The van der Waals surface area contributed by atoms with Gasteiger partial charge in [-0.05, 0) is 49.2 Å². The van der Waals surface area contributed by atoms with Gasteiger partial charge in [-0.2, -0.15) is 0 Å². The number of esters is 2. The van der Waals surface area contributed by atoms with Gasteiger partial charge in [-0.15, -0.1) is 0 Å². The van der Waals surface area contributed by atoms with Crippen molar-refractivity contribution in [2.45, 2.75) is 33.1 Å². The van der Waals surface area contributed by atoms with E-state index in [1.165, 1.54) is 12.1 Å². The maximum atomic E-state index is 12.4. The van der Waals surface area contributed by atoms with E-state index in [9.17, 15) is 24.0 Å². The average molecular weight is 496 g/mol. The number of carbonyl (C=O) groups is 5. The van der Waals surface area contributed by atoms with Crippen molar-refractivity contribution in [3.63, 3.8) is 0 Å². The van der Waals surface area contributed by atoms with Crippen LogP contribution in [0.3, 0.4) is 0 Å². The highest BCUT2D eigenvalue weighted by atomic mass is 16.5. The molecule has 1 aliphatic rings. The smallest absolute Gasteiger partial charge is 0.338 e. The van der Waals surface area contributed by atoms with Gasteiger partial charge in [-0.1, -0.05) is 31.5 Å². The molecule has 36 heavy (non-hydrogen) atoms. The number of hydrazine groups is 1. The Balaban J connectivity index is 1.43. The van der Waals surface area contributed by atoms with Crippen molar-refractivity contribution in [2.75, 3.05) is 25.1 Å². The molecule has 0 aliphatic carbocycles. The monoisotopic (exact) mass is 495 g/mol. The van der Waals surface area contributed by atoms with Gasteiger partial charge in [0.05, 0.1) is 24.6 Å². The summed E-state index contributed by atoms with van der Waals surface area (Å²) >= 11 is 0. The summed E-state index contributed by atoms with van der Waals surface area (Å²) < 4.78 is 10.2. The van der Waals surface area contributed by atoms with E-state index in [0.717, 1.165) is 23.4 Å². The lowest BCUT2D eigenvalue weighted by Gasteiger charge is -2.18. The van der Waals surface area contributed by atoms with Crippen molar-refractivity contribution in [3.8, 4) is 0 Å². The third kappa shape index (κ3) is 7.14. The lowest BCUT2D eigenvalue weighted by atomic mass is 10.1. The van der Waals surface area contributed by atoms with Crippen molar-refractivity contribution in [1.82, 2.24) is 10.4 Å². The van der Waals surface area contributed by atoms with Gasteiger partial charge in [0, 0.05) is 17.7 Å². The molecule has 0 spiro atoms. The van der Waals surface area contributed by atoms with Crippen LogP contribution in [-0.4, -0.2) is 54.4 Å². The Morgan fingerprint density at radius 1 is 1.03 bits per heavy atom. The first-order valence-corrected chi connectivity index (χ1v) is 11.7. The average Bonchev–Trinajstić information content (AvgIpc) is 3.23. The molecule has 0 bridgehead atoms. The molecule has 0 unspecified atom stereocenters. The van der Waals surface area contributed by atoms with Crippen molar-refractivity contribution >= 4 is 35.3 Å². The molecule has 0 saturated carbocycles. The van der Waals surface area contributed by atoms with Gasteiger partial charge in [0.15, 0.2) is 6.61 Å². The van der Waals surface area contributed by atoms with Gasteiger partial charge < -0.3 is 14.8 Å². The molecule has 2 aromatic carbocycles. The molecule has 3 rings (SSSR count). The molecule has 1 heterocycles.